The van der Waals surface area contributed by atoms with Crippen LogP contribution < -0.4 is 0 Å². The van der Waals surface area contributed by atoms with E-state index in [-0.39, 0.29) is 10.8 Å². The van der Waals surface area contributed by atoms with Gasteiger partial charge >= 0.3 is 0 Å². The topological polar surface area (TPSA) is 60.9 Å². The third kappa shape index (κ3) is 4.57. The van der Waals surface area contributed by atoms with Crippen LogP contribution in [-0.4, -0.2) is 74.2 Å². The maximum absolute atomic E-state index is 12.7. The van der Waals surface area contributed by atoms with Gasteiger partial charge in [0.05, 0.1) is 11.4 Å². The average Bonchev–Trinajstić information content (AvgIpc) is 2.64. The first-order chi connectivity index (χ1) is 12.4. The summed E-state index contributed by atoms with van der Waals surface area (Å²) in [5, 5.41) is 0.399. The number of carbonyl (C=O) groups excluding carboxylic acids is 1. The van der Waals surface area contributed by atoms with Crippen molar-refractivity contribution in [1.82, 2.24) is 14.1 Å². The van der Waals surface area contributed by atoms with Gasteiger partial charge in [-0.15, -0.1) is 0 Å². The minimum Gasteiger partial charge on any atom is -0.339 e. The zero-order valence-corrected chi connectivity index (χ0v) is 16.7. The number of likely N-dealkylation sites (tertiary alicyclic amines) is 1. The van der Waals surface area contributed by atoms with E-state index in [0.29, 0.717) is 37.7 Å². The van der Waals surface area contributed by atoms with Crippen molar-refractivity contribution in [1.29, 1.82) is 0 Å². The summed E-state index contributed by atoms with van der Waals surface area (Å²) in [4.78, 5) is 16.7. The molecule has 26 heavy (non-hydrogen) atoms. The summed E-state index contributed by atoms with van der Waals surface area (Å²) in [7, 11) is -3.57. The van der Waals surface area contributed by atoms with Gasteiger partial charge in [0.25, 0.3) is 0 Å². The second kappa shape index (κ2) is 8.25. The largest absolute Gasteiger partial charge is 0.339 e. The molecule has 1 amide bonds. The summed E-state index contributed by atoms with van der Waals surface area (Å²) in [5.41, 5.74) is 0. The Kier molecular flexibility index (Phi) is 6.22. The number of amides is 1. The number of hydrogen-bond acceptors (Lipinski definition) is 4. The van der Waals surface area contributed by atoms with Gasteiger partial charge < -0.3 is 4.90 Å². The van der Waals surface area contributed by atoms with Crippen molar-refractivity contribution in [3.63, 3.8) is 0 Å². The predicted molar refractivity (Wildman–Crippen MR) is 102 cm³/mol. The molecule has 0 N–H and O–H groups in total. The molecule has 2 fully saturated rings. The maximum Gasteiger partial charge on any atom is 0.243 e. The Morgan fingerprint density at radius 1 is 1.12 bits per heavy atom. The monoisotopic (exact) mass is 399 g/mol. The van der Waals surface area contributed by atoms with E-state index >= 15 is 0 Å². The van der Waals surface area contributed by atoms with E-state index < -0.39 is 10.0 Å². The lowest BCUT2D eigenvalue weighted by atomic mass is 9.99. The molecule has 0 aromatic heterocycles. The Labute approximate surface area is 160 Å². The van der Waals surface area contributed by atoms with Gasteiger partial charge in [-0.2, -0.15) is 4.31 Å². The average molecular weight is 400 g/mol. The van der Waals surface area contributed by atoms with E-state index in [1.54, 1.807) is 23.1 Å². The fourth-order valence-electron chi connectivity index (χ4n) is 3.47. The van der Waals surface area contributed by atoms with Gasteiger partial charge in [0.1, 0.15) is 0 Å². The molecule has 1 aromatic rings. The van der Waals surface area contributed by atoms with E-state index in [2.05, 4.69) is 11.8 Å². The Hall–Kier alpha value is -1.15. The minimum absolute atomic E-state index is 0.0966. The molecule has 8 heteroatoms. The normalized spacial score (nSPS) is 21.1. The highest BCUT2D eigenvalue weighted by atomic mass is 35.5. The molecule has 0 spiro atoms. The van der Waals surface area contributed by atoms with Gasteiger partial charge in [-0.05, 0) is 50.0 Å². The van der Waals surface area contributed by atoms with Gasteiger partial charge in [0.2, 0.25) is 15.9 Å². The number of rotatable bonds is 4. The van der Waals surface area contributed by atoms with Crippen LogP contribution in [0.1, 0.15) is 19.8 Å². The molecule has 2 aliphatic heterocycles. The maximum atomic E-state index is 12.7. The van der Waals surface area contributed by atoms with Gasteiger partial charge in [0, 0.05) is 31.2 Å². The smallest absolute Gasteiger partial charge is 0.243 e. The van der Waals surface area contributed by atoms with E-state index in [1.165, 1.54) is 10.4 Å². The summed E-state index contributed by atoms with van der Waals surface area (Å²) in [5.74, 6) is 0.834. The van der Waals surface area contributed by atoms with Crippen LogP contribution in [0.4, 0.5) is 0 Å². The van der Waals surface area contributed by atoms with Crippen molar-refractivity contribution >= 4 is 27.5 Å². The number of piperidine rings is 1. The summed E-state index contributed by atoms with van der Waals surface area (Å²) in [6.45, 7) is 6.12. The molecule has 0 saturated carbocycles. The highest BCUT2D eigenvalue weighted by molar-refractivity contribution is 7.89. The molecular formula is C18H26ClN3O3S. The third-order valence-corrected chi connectivity index (χ3v) is 7.39. The van der Waals surface area contributed by atoms with Crippen LogP contribution in [0.2, 0.25) is 5.02 Å². The summed E-state index contributed by atoms with van der Waals surface area (Å²) < 4.78 is 26.9. The molecular weight excluding hydrogens is 374 g/mol. The van der Waals surface area contributed by atoms with Crippen LogP contribution in [0, 0.1) is 5.92 Å². The van der Waals surface area contributed by atoms with Gasteiger partial charge in [-0.1, -0.05) is 24.6 Å². The summed E-state index contributed by atoms with van der Waals surface area (Å²) in [6.07, 6.45) is 2.28. The molecule has 2 heterocycles. The SMILES string of the molecule is CC1CCN(CC(=O)N2CCN(S(=O)(=O)c3cccc(Cl)c3)CC2)CC1. The van der Waals surface area contributed by atoms with E-state index in [0.717, 1.165) is 31.8 Å². The van der Waals surface area contributed by atoms with Crippen LogP contribution in [0.15, 0.2) is 29.2 Å². The molecule has 0 bridgehead atoms. The quantitative estimate of drug-likeness (QED) is 0.775. The number of carbonyl (C=O) groups is 1. The minimum atomic E-state index is -3.57. The molecule has 6 nitrogen and oxygen atoms in total. The van der Waals surface area contributed by atoms with Crippen molar-refractivity contribution < 1.29 is 13.2 Å². The van der Waals surface area contributed by atoms with E-state index in [4.69, 9.17) is 11.6 Å². The molecule has 0 radical (unpaired) electrons. The van der Waals surface area contributed by atoms with Crippen LogP contribution in [0.3, 0.4) is 0 Å². The van der Waals surface area contributed by atoms with Crippen LogP contribution in [0.25, 0.3) is 0 Å². The van der Waals surface area contributed by atoms with Crippen molar-refractivity contribution in [2.24, 2.45) is 5.92 Å². The lowest BCUT2D eigenvalue weighted by molar-refractivity contribution is -0.133. The van der Waals surface area contributed by atoms with Gasteiger partial charge in [-0.25, -0.2) is 8.42 Å². The second-order valence-corrected chi connectivity index (χ2v) is 9.58. The van der Waals surface area contributed by atoms with Crippen LogP contribution in [-0.2, 0) is 14.8 Å². The van der Waals surface area contributed by atoms with Gasteiger partial charge in [-0.3, -0.25) is 9.69 Å². The Morgan fingerprint density at radius 3 is 2.38 bits per heavy atom. The van der Waals surface area contributed by atoms with Crippen LogP contribution >= 0.6 is 11.6 Å². The van der Waals surface area contributed by atoms with Gasteiger partial charge in [0.15, 0.2) is 0 Å². The van der Waals surface area contributed by atoms with Crippen molar-refractivity contribution in [2.45, 2.75) is 24.7 Å². The summed E-state index contributed by atoms with van der Waals surface area (Å²) >= 11 is 5.92. The first-order valence-electron chi connectivity index (χ1n) is 9.12. The molecule has 1 aromatic carbocycles. The Morgan fingerprint density at radius 2 is 1.77 bits per heavy atom. The number of halogens is 1. The van der Waals surface area contributed by atoms with Crippen molar-refractivity contribution in [3.8, 4) is 0 Å². The van der Waals surface area contributed by atoms with Crippen molar-refractivity contribution in [3.05, 3.63) is 29.3 Å². The number of nitrogens with zero attached hydrogens (tertiary/aromatic N) is 3. The fraction of sp³-hybridized carbons (Fsp3) is 0.611. The van der Waals surface area contributed by atoms with Crippen LogP contribution in [0.5, 0.6) is 0 Å². The molecule has 3 rings (SSSR count). The van der Waals surface area contributed by atoms with E-state index in [1.807, 2.05) is 0 Å². The Balaban J connectivity index is 1.54. The fourth-order valence-corrected chi connectivity index (χ4v) is 5.19. The highest BCUT2D eigenvalue weighted by Crippen LogP contribution is 2.21. The first-order valence-corrected chi connectivity index (χ1v) is 10.9. The highest BCUT2D eigenvalue weighted by Gasteiger charge is 2.31. The number of benzene rings is 1. The molecule has 2 aliphatic rings. The van der Waals surface area contributed by atoms with Crippen molar-refractivity contribution in [2.75, 3.05) is 45.8 Å². The molecule has 0 atom stereocenters. The summed E-state index contributed by atoms with van der Waals surface area (Å²) in [6, 6.07) is 6.30. The van der Waals surface area contributed by atoms with E-state index in [9.17, 15) is 13.2 Å². The zero-order chi connectivity index (χ0) is 18.7. The zero-order valence-electron chi connectivity index (χ0n) is 15.1. The number of hydrogen-bond donors (Lipinski definition) is 0. The molecule has 144 valence electrons. The molecule has 0 unspecified atom stereocenters. The third-order valence-electron chi connectivity index (χ3n) is 5.26. The standard InChI is InChI=1S/C18H26ClN3O3S/c1-15-5-7-20(8-6-15)14-18(23)21-9-11-22(12-10-21)26(24,25)17-4-2-3-16(19)13-17/h2-4,13,15H,5-12,14H2,1H3. The second-order valence-electron chi connectivity index (χ2n) is 7.20. The number of sulfonamides is 1. The lowest BCUT2D eigenvalue weighted by Crippen LogP contribution is -2.53. The molecule has 2 saturated heterocycles. The molecule has 0 aliphatic carbocycles. The first kappa shape index (κ1) is 19.6. The number of piperazine rings is 1. The Bertz CT molecular complexity index is 740. The lowest BCUT2D eigenvalue weighted by Gasteiger charge is -2.36. The predicted octanol–water partition coefficient (Wildman–Crippen LogP) is 1.90.